The van der Waals surface area contributed by atoms with Gasteiger partial charge in [-0.1, -0.05) is 34.6 Å². The molecule has 0 radical (unpaired) electrons. The molecule has 0 amide bonds. The van der Waals surface area contributed by atoms with E-state index < -0.39 is 0 Å². The molecule has 11 heteroatoms. The first-order valence-electron chi connectivity index (χ1n) is 10.5. The number of nitrogens with two attached hydrogens (primary N) is 1. The monoisotopic (exact) mass is 432 g/mol. The smallest absolute Gasteiger partial charge is 0.229 e. The summed E-state index contributed by atoms with van der Waals surface area (Å²) in [4.78, 5) is 6.43. The Morgan fingerprint density at radius 2 is 2.06 bits per heavy atom. The second-order valence-electron chi connectivity index (χ2n) is 7.99. The van der Waals surface area contributed by atoms with Crippen LogP contribution in [0.3, 0.4) is 0 Å². The first kappa shape index (κ1) is 19.9. The normalized spacial score (nSPS) is 16.0. The van der Waals surface area contributed by atoms with Gasteiger partial charge in [-0.15, -0.1) is 5.10 Å². The molecule has 3 N–H and O–H groups in total. The van der Waals surface area contributed by atoms with E-state index in [1.807, 2.05) is 48.6 Å². The van der Waals surface area contributed by atoms with Crippen molar-refractivity contribution in [3.8, 4) is 22.6 Å². The van der Waals surface area contributed by atoms with Gasteiger partial charge in [-0.05, 0) is 18.4 Å². The number of likely N-dealkylation sites (tertiary alicyclic amines) is 1. The van der Waals surface area contributed by atoms with Crippen molar-refractivity contribution in [1.82, 2.24) is 39.8 Å². The molecule has 3 aromatic heterocycles. The van der Waals surface area contributed by atoms with Gasteiger partial charge < -0.3 is 15.2 Å². The Morgan fingerprint density at radius 1 is 1.22 bits per heavy atom. The molecule has 1 saturated heterocycles. The fourth-order valence-electron chi connectivity index (χ4n) is 4.03. The summed E-state index contributed by atoms with van der Waals surface area (Å²) in [5, 5.41) is 24.4. The van der Waals surface area contributed by atoms with Crippen LogP contribution in [0, 0.1) is 5.41 Å². The number of hydrogen-bond donors (Lipinski definition) is 2. The van der Waals surface area contributed by atoms with E-state index in [2.05, 4.69) is 25.6 Å². The van der Waals surface area contributed by atoms with E-state index in [9.17, 15) is 0 Å². The summed E-state index contributed by atoms with van der Waals surface area (Å²) >= 11 is 0. The van der Waals surface area contributed by atoms with Gasteiger partial charge >= 0.3 is 0 Å². The zero-order valence-electron chi connectivity index (χ0n) is 17.7. The Labute approximate surface area is 184 Å². The number of hydrogen-bond acceptors (Lipinski definition) is 7. The van der Waals surface area contributed by atoms with E-state index in [4.69, 9.17) is 15.7 Å². The SMILES string of the molecule is Cn1cc(-c2cn(Cc3ccc(-c4noc(CC5CCCN5C(=N)N)n4)cc3)nn2)cn1. The van der Waals surface area contributed by atoms with Crippen molar-refractivity contribution in [3.63, 3.8) is 0 Å². The van der Waals surface area contributed by atoms with Crippen LogP contribution in [0.15, 0.2) is 47.4 Å². The Bertz CT molecular complexity index is 1220. The number of guanidine groups is 1. The first-order valence-corrected chi connectivity index (χ1v) is 10.5. The van der Waals surface area contributed by atoms with E-state index in [-0.39, 0.29) is 12.0 Å². The lowest BCUT2D eigenvalue weighted by atomic mass is 10.1. The minimum absolute atomic E-state index is 0.0998. The zero-order chi connectivity index (χ0) is 22.1. The molecule has 5 rings (SSSR count). The summed E-state index contributed by atoms with van der Waals surface area (Å²) < 4.78 is 8.99. The molecule has 1 atom stereocenters. The minimum atomic E-state index is 0.0998. The van der Waals surface area contributed by atoms with Gasteiger partial charge in [-0.25, -0.2) is 4.68 Å². The van der Waals surface area contributed by atoms with Gasteiger partial charge in [0.2, 0.25) is 11.7 Å². The molecule has 1 unspecified atom stereocenters. The lowest BCUT2D eigenvalue weighted by Gasteiger charge is -2.23. The Hall–Kier alpha value is -4.02. The van der Waals surface area contributed by atoms with Crippen molar-refractivity contribution in [2.24, 2.45) is 12.8 Å². The molecule has 0 saturated carbocycles. The van der Waals surface area contributed by atoms with Gasteiger partial charge in [0, 0.05) is 43.4 Å². The van der Waals surface area contributed by atoms with Crippen molar-refractivity contribution in [2.75, 3.05) is 6.54 Å². The molecule has 0 bridgehead atoms. The molecular weight excluding hydrogens is 408 g/mol. The Balaban J connectivity index is 1.23. The molecule has 11 nitrogen and oxygen atoms in total. The predicted octanol–water partition coefficient (Wildman–Crippen LogP) is 1.68. The van der Waals surface area contributed by atoms with Crippen LogP contribution < -0.4 is 5.73 Å². The third-order valence-corrected chi connectivity index (χ3v) is 5.66. The van der Waals surface area contributed by atoms with E-state index in [1.165, 1.54) is 0 Å². The number of benzene rings is 1. The van der Waals surface area contributed by atoms with Crippen molar-refractivity contribution in [1.29, 1.82) is 5.41 Å². The third kappa shape index (κ3) is 4.09. The number of rotatable bonds is 6. The van der Waals surface area contributed by atoms with Gasteiger partial charge in [0.1, 0.15) is 5.69 Å². The topological polar surface area (TPSA) is 141 Å². The fourth-order valence-corrected chi connectivity index (χ4v) is 4.03. The van der Waals surface area contributed by atoms with Crippen molar-refractivity contribution >= 4 is 5.96 Å². The minimum Gasteiger partial charge on any atom is -0.370 e. The molecule has 32 heavy (non-hydrogen) atoms. The van der Waals surface area contributed by atoms with Crippen molar-refractivity contribution in [3.05, 3.63) is 54.3 Å². The van der Waals surface area contributed by atoms with Gasteiger partial charge in [-0.3, -0.25) is 10.1 Å². The predicted molar refractivity (Wildman–Crippen MR) is 116 cm³/mol. The Morgan fingerprint density at radius 3 is 2.81 bits per heavy atom. The van der Waals surface area contributed by atoms with Crippen LogP contribution in [0.1, 0.15) is 24.3 Å². The van der Waals surface area contributed by atoms with Gasteiger partial charge in [-0.2, -0.15) is 10.1 Å². The standard InChI is InChI=1S/C21H24N10O/c1-29-12-16(10-24-29)18-13-30(28-26-18)11-14-4-6-15(7-5-14)20-25-19(32-27-20)9-17-3-2-8-31(17)21(22)23/h4-7,10,12-13,17H,2-3,8-9,11H2,1H3,(H3,22,23). The fraction of sp³-hybridized carbons (Fsp3) is 0.333. The summed E-state index contributed by atoms with van der Waals surface area (Å²) in [6.07, 6.45) is 8.16. The number of nitrogens with zero attached hydrogens (tertiary/aromatic N) is 8. The van der Waals surface area contributed by atoms with Gasteiger partial charge in [0.25, 0.3) is 0 Å². The first-order chi connectivity index (χ1) is 15.5. The molecule has 1 fully saturated rings. The molecule has 4 heterocycles. The second-order valence-corrected chi connectivity index (χ2v) is 7.99. The van der Waals surface area contributed by atoms with E-state index >= 15 is 0 Å². The second kappa shape index (κ2) is 8.25. The van der Waals surface area contributed by atoms with Crippen LogP contribution in [-0.4, -0.2) is 58.4 Å². The lowest BCUT2D eigenvalue weighted by molar-refractivity contribution is 0.320. The molecule has 4 aromatic rings. The van der Waals surface area contributed by atoms with E-state index in [0.717, 1.165) is 41.8 Å². The summed E-state index contributed by atoms with van der Waals surface area (Å²) in [7, 11) is 1.87. The molecule has 1 aliphatic rings. The maximum atomic E-state index is 7.70. The van der Waals surface area contributed by atoms with E-state index in [0.29, 0.717) is 24.7 Å². The highest BCUT2D eigenvalue weighted by Crippen LogP contribution is 2.22. The van der Waals surface area contributed by atoms with Crippen LogP contribution in [0.4, 0.5) is 0 Å². The van der Waals surface area contributed by atoms with E-state index in [1.54, 1.807) is 15.6 Å². The highest BCUT2D eigenvalue weighted by molar-refractivity contribution is 5.75. The van der Waals surface area contributed by atoms with Crippen LogP contribution in [-0.2, 0) is 20.0 Å². The maximum Gasteiger partial charge on any atom is 0.229 e. The summed E-state index contributed by atoms with van der Waals surface area (Å²) in [6.45, 7) is 1.41. The molecular formula is C21H24N10O. The molecule has 0 spiro atoms. The maximum absolute atomic E-state index is 7.70. The number of aryl methyl sites for hydroxylation is 1. The van der Waals surface area contributed by atoms with Crippen molar-refractivity contribution in [2.45, 2.75) is 31.8 Å². The summed E-state index contributed by atoms with van der Waals surface area (Å²) in [5.74, 6) is 1.22. The lowest BCUT2D eigenvalue weighted by Crippen LogP contribution is -2.41. The summed E-state index contributed by atoms with van der Waals surface area (Å²) in [5.41, 5.74) is 9.36. The largest absolute Gasteiger partial charge is 0.370 e. The van der Waals surface area contributed by atoms with Crippen LogP contribution in [0.2, 0.25) is 0 Å². The average Bonchev–Trinajstić information content (AvgIpc) is 3.56. The molecule has 1 aromatic carbocycles. The Kier molecular flexibility index (Phi) is 5.13. The average molecular weight is 432 g/mol. The third-order valence-electron chi connectivity index (χ3n) is 5.66. The number of nitrogens with one attached hydrogen (secondary N) is 1. The summed E-state index contributed by atoms with van der Waals surface area (Å²) in [6, 6.07) is 8.12. The molecule has 0 aliphatic carbocycles. The van der Waals surface area contributed by atoms with Crippen LogP contribution in [0.25, 0.3) is 22.6 Å². The highest BCUT2D eigenvalue weighted by atomic mass is 16.5. The highest BCUT2D eigenvalue weighted by Gasteiger charge is 2.27. The van der Waals surface area contributed by atoms with Crippen molar-refractivity contribution < 1.29 is 4.52 Å². The van der Waals surface area contributed by atoms with Crippen LogP contribution in [0.5, 0.6) is 0 Å². The van der Waals surface area contributed by atoms with Crippen LogP contribution >= 0.6 is 0 Å². The van der Waals surface area contributed by atoms with Gasteiger partial charge in [0.15, 0.2) is 5.96 Å². The number of aromatic nitrogens is 7. The molecule has 164 valence electrons. The van der Waals surface area contributed by atoms with Gasteiger partial charge in [0.05, 0.1) is 18.9 Å². The quantitative estimate of drug-likeness (QED) is 0.346. The molecule has 1 aliphatic heterocycles. The zero-order valence-corrected chi connectivity index (χ0v) is 17.7.